The van der Waals surface area contributed by atoms with Crippen molar-refractivity contribution < 1.29 is 27.7 Å². The Morgan fingerprint density at radius 1 is 1.40 bits per heavy atom. The Bertz CT molecular complexity index is 338. The molecule has 8 nitrogen and oxygen atoms in total. The number of carboxylic acid groups (broad SMARTS) is 1. The van der Waals surface area contributed by atoms with Gasteiger partial charge in [0.1, 0.15) is 5.88 Å². The van der Waals surface area contributed by atoms with Gasteiger partial charge in [0.2, 0.25) is 5.91 Å². The van der Waals surface area contributed by atoms with E-state index in [2.05, 4.69) is 0 Å². The molecule has 88 valence electrons. The van der Waals surface area contributed by atoms with Gasteiger partial charge in [-0.15, -0.1) is 0 Å². The molecular weight excluding hydrogens is 228 g/mol. The molecule has 0 fully saturated rings. The normalized spacial score (nSPS) is 13.2. The summed E-state index contributed by atoms with van der Waals surface area (Å²) < 4.78 is 28.7. The van der Waals surface area contributed by atoms with E-state index in [0.717, 1.165) is 0 Å². The Kier molecular flexibility index (Phi) is 5.19. The first-order chi connectivity index (χ1) is 6.72. The maximum absolute atomic E-state index is 11.0. The monoisotopic (exact) mass is 240 g/mol. The molecule has 0 aliphatic carbocycles. The summed E-state index contributed by atoms with van der Waals surface area (Å²) in [4.78, 5) is 21.1. The first-order valence-corrected chi connectivity index (χ1v) is 5.53. The second-order valence-electron chi connectivity index (χ2n) is 2.81. The van der Waals surface area contributed by atoms with Gasteiger partial charge in [-0.1, -0.05) is 0 Å². The molecule has 0 saturated carbocycles. The number of carboxylic acids is 1. The van der Waals surface area contributed by atoms with Crippen LogP contribution in [0.4, 0.5) is 0 Å². The molecule has 0 aliphatic heterocycles. The Morgan fingerprint density at radius 2 is 1.93 bits per heavy atom. The summed E-state index contributed by atoms with van der Waals surface area (Å²) in [5.74, 6) is -2.87. The van der Waals surface area contributed by atoms with Crippen LogP contribution in [0.2, 0.25) is 0 Å². The summed E-state index contributed by atoms with van der Waals surface area (Å²) in [6.45, 7) is 0. The molecule has 0 aromatic rings. The van der Waals surface area contributed by atoms with Crippen molar-refractivity contribution in [1.82, 2.24) is 5.32 Å². The van der Waals surface area contributed by atoms with E-state index in [4.69, 9.17) is 15.4 Å². The van der Waals surface area contributed by atoms with E-state index in [1.165, 1.54) is 0 Å². The number of nitrogens with two attached hydrogens (primary N) is 1. The van der Waals surface area contributed by atoms with E-state index in [-0.39, 0.29) is 12.8 Å². The molecule has 0 aromatic heterocycles. The van der Waals surface area contributed by atoms with Crippen LogP contribution in [-0.4, -0.2) is 41.9 Å². The lowest BCUT2D eigenvalue weighted by Gasteiger charge is -2.09. The zero-order chi connectivity index (χ0) is 12.1. The quantitative estimate of drug-likeness (QED) is 0.398. The van der Waals surface area contributed by atoms with E-state index in [0.29, 0.717) is 0 Å². The number of carbonyl (C=O) groups excluding carboxylic acids is 1. The molecule has 0 rings (SSSR count). The molecule has 1 atom stereocenters. The van der Waals surface area contributed by atoms with Gasteiger partial charge in [-0.05, 0) is 6.42 Å². The summed E-state index contributed by atoms with van der Waals surface area (Å²) in [7, 11) is -4.29. The molecule has 5 N–H and O–H groups in total. The van der Waals surface area contributed by atoms with Crippen molar-refractivity contribution in [3.8, 4) is 0 Å². The minimum Gasteiger partial charge on any atom is -0.481 e. The smallest absolute Gasteiger partial charge is 0.303 e. The summed E-state index contributed by atoms with van der Waals surface area (Å²) in [5.41, 5.74) is 5.24. The molecule has 0 aromatic carbocycles. The molecular formula is C6H12N2O6S. The summed E-state index contributed by atoms with van der Waals surface area (Å²) in [5, 5.41) is 10.1. The third kappa shape index (κ3) is 7.85. The molecule has 0 saturated heterocycles. The standard InChI is InChI=1S/C6H12N2O6S/c7-4(1-2-5(9)10)6(11)8-3-15(12,13)14/h4H,1-3,7H2,(H,8,11)(H,9,10)(H,12,13,14). The Morgan fingerprint density at radius 3 is 2.33 bits per heavy atom. The highest BCUT2D eigenvalue weighted by molar-refractivity contribution is 7.85. The lowest BCUT2D eigenvalue weighted by molar-refractivity contribution is -0.137. The zero-order valence-corrected chi connectivity index (χ0v) is 8.53. The van der Waals surface area contributed by atoms with Crippen LogP contribution in [0.25, 0.3) is 0 Å². The molecule has 1 amide bonds. The lowest BCUT2D eigenvalue weighted by Crippen LogP contribution is -2.42. The second-order valence-corrected chi connectivity index (χ2v) is 4.26. The first kappa shape index (κ1) is 13.8. The van der Waals surface area contributed by atoms with Crippen LogP contribution in [0.15, 0.2) is 0 Å². The molecule has 9 heteroatoms. The third-order valence-corrected chi connectivity index (χ3v) is 1.94. The van der Waals surface area contributed by atoms with Crippen LogP contribution >= 0.6 is 0 Å². The van der Waals surface area contributed by atoms with Crippen molar-refractivity contribution in [3.63, 3.8) is 0 Å². The van der Waals surface area contributed by atoms with Gasteiger partial charge in [-0.25, -0.2) is 0 Å². The maximum Gasteiger partial charge on any atom is 0.303 e. The Hall–Kier alpha value is -1.19. The van der Waals surface area contributed by atoms with Crippen LogP contribution in [0, 0.1) is 0 Å². The maximum atomic E-state index is 11.0. The van der Waals surface area contributed by atoms with Crippen LogP contribution in [0.1, 0.15) is 12.8 Å². The number of rotatable bonds is 6. The van der Waals surface area contributed by atoms with Crippen molar-refractivity contribution in [3.05, 3.63) is 0 Å². The van der Waals surface area contributed by atoms with Crippen LogP contribution in [-0.2, 0) is 19.7 Å². The largest absolute Gasteiger partial charge is 0.481 e. The van der Waals surface area contributed by atoms with Gasteiger partial charge in [0.25, 0.3) is 10.1 Å². The minimum absolute atomic E-state index is 0.105. The summed E-state index contributed by atoms with van der Waals surface area (Å²) >= 11 is 0. The van der Waals surface area contributed by atoms with Gasteiger partial charge in [-0.3, -0.25) is 14.1 Å². The summed E-state index contributed by atoms with van der Waals surface area (Å²) in [6.07, 6.45) is -0.396. The lowest BCUT2D eigenvalue weighted by atomic mass is 10.1. The fourth-order valence-corrected chi connectivity index (χ4v) is 1.03. The molecule has 0 bridgehead atoms. The van der Waals surface area contributed by atoms with Gasteiger partial charge in [0.05, 0.1) is 6.04 Å². The molecule has 15 heavy (non-hydrogen) atoms. The van der Waals surface area contributed by atoms with Crippen molar-refractivity contribution in [1.29, 1.82) is 0 Å². The molecule has 0 radical (unpaired) electrons. The van der Waals surface area contributed by atoms with E-state index in [1.807, 2.05) is 5.32 Å². The fraction of sp³-hybridized carbons (Fsp3) is 0.667. The van der Waals surface area contributed by atoms with Crippen LogP contribution in [0.3, 0.4) is 0 Å². The van der Waals surface area contributed by atoms with E-state index in [1.54, 1.807) is 0 Å². The number of aliphatic carboxylic acids is 1. The molecule has 1 unspecified atom stereocenters. The van der Waals surface area contributed by atoms with Crippen molar-refractivity contribution in [2.45, 2.75) is 18.9 Å². The number of carbonyl (C=O) groups is 2. The number of hydrogen-bond donors (Lipinski definition) is 4. The number of hydrogen-bond acceptors (Lipinski definition) is 5. The predicted molar refractivity (Wildman–Crippen MR) is 49.4 cm³/mol. The SMILES string of the molecule is NC(CCC(=O)O)C(=O)NCS(=O)(=O)O. The fourth-order valence-electron chi connectivity index (χ4n) is 0.703. The topological polar surface area (TPSA) is 147 Å². The van der Waals surface area contributed by atoms with Crippen LogP contribution < -0.4 is 11.1 Å². The van der Waals surface area contributed by atoms with E-state index < -0.39 is 33.9 Å². The molecule has 0 aliphatic rings. The third-order valence-electron chi connectivity index (χ3n) is 1.43. The highest BCUT2D eigenvalue weighted by atomic mass is 32.2. The predicted octanol–water partition coefficient (Wildman–Crippen LogP) is -1.86. The highest BCUT2D eigenvalue weighted by Gasteiger charge is 2.16. The number of amides is 1. The van der Waals surface area contributed by atoms with Gasteiger partial charge >= 0.3 is 5.97 Å². The van der Waals surface area contributed by atoms with Gasteiger partial charge < -0.3 is 16.2 Å². The highest BCUT2D eigenvalue weighted by Crippen LogP contribution is 1.94. The molecule has 0 spiro atoms. The first-order valence-electron chi connectivity index (χ1n) is 3.92. The van der Waals surface area contributed by atoms with Gasteiger partial charge in [-0.2, -0.15) is 8.42 Å². The van der Waals surface area contributed by atoms with Crippen LogP contribution in [0.5, 0.6) is 0 Å². The number of nitrogens with one attached hydrogen (secondary N) is 1. The second kappa shape index (κ2) is 5.63. The van der Waals surface area contributed by atoms with Crippen molar-refractivity contribution in [2.24, 2.45) is 5.73 Å². The minimum atomic E-state index is -4.29. The Balaban J connectivity index is 3.95. The van der Waals surface area contributed by atoms with E-state index in [9.17, 15) is 18.0 Å². The van der Waals surface area contributed by atoms with Gasteiger partial charge in [0, 0.05) is 6.42 Å². The van der Waals surface area contributed by atoms with E-state index >= 15 is 0 Å². The van der Waals surface area contributed by atoms with Gasteiger partial charge in [0.15, 0.2) is 0 Å². The summed E-state index contributed by atoms with van der Waals surface area (Å²) in [6, 6.07) is -1.11. The zero-order valence-electron chi connectivity index (χ0n) is 7.71. The Labute approximate surface area is 86.2 Å². The average molecular weight is 240 g/mol. The van der Waals surface area contributed by atoms with Crippen molar-refractivity contribution >= 4 is 22.0 Å². The van der Waals surface area contributed by atoms with Crippen molar-refractivity contribution in [2.75, 3.05) is 5.88 Å². The molecule has 0 heterocycles. The average Bonchev–Trinajstić information content (AvgIpc) is 2.08.